The Morgan fingerprint density at radius 3 is 2.33 bits per heavy atom. The fourth-order valence-electron chi connectivity index (χ4n) is 3.70. The average molecular weight is 293 g/mol. The SMILES string of the molecule is CC(C)(C)OC(=O)N1CCC(=O)C(C(=O)C23CC(C2)C3)C1. The van der Waals surface area contributed by atoms with Crippen molar-refractivity contribution in [2.75, 3.05) is 13.1 Å². The summed E-state index contributed by atoms with van der Waals surface area (Å²) >= 11 is 0. The van der Waals surface area contributed by atoms with Crippen LogP contribution in [-0.2, 0) is 14.3 Å². The van der Waals surface area contributed by atoms with Crippen LogP contribution in [0.15, 0.2) is 0 Å². The molecule has 0 aromatic rings. The Morgan fingerprint density at radius 2 is 1.86 bits per heavy atom. The van der Waals surface area contributed by atoms with Crippen LogP contribution in [0.4, 0.5) is 4.79 Å². The van der Waals surface area contributed by atoms with E-state index in [1.165, 1.54) is 4.90 Å². The molecule has 3 saturated carbocycles. The van der Waals surface area contributed by atoms with E-state index < -0.39 is 17.6 Å². The first-order valence-electron chi connectivity index (χ1n) is 7.75. The van der Waals surface area contributed by atoms with Crippen molar-refractivity contribution >= 4 is 17.7 Å². The van der Waals surface area contributed by atoms with E-state index in [1.807, 2.05) is 20.8 Å². The number of amides is 1. The zero-order chi connectivity index (χ0) is 15.4. The minimum atomic E-state index is -0.632. The van der Waals surface area contributed by atoms with Crippen molar-refractivity contribution in [1.82, 2.24) is 4.90 Å². The molecule has 5 nitrogen and oxygen atoms in total. The number of carbonyl (C=O) groups excluding carboxylic acids is 3. The van der Waals surface area contributed by atoms with Gasteiger partial charge in [-0.3, -0.25) is 9.59 Å². The minimum absolute atomic E-state index is 0.00969. The number of piperidine rings is 1. The molecule has 0 N–H and O–H groups in total. The Bertz CT molecular complexity index is 488. The molecule has 1 saturated heterocycles. The Hall–Kier alpha value is -1.39. The number of Topliss-reactive ketones (excluding diaryl/α,β-unsaturated/α-hetero) is 2. The van der Waals surface area contributed by atoms with Gasteiger partial charge in [-0.25, -0.2) is 4.79 Å². The third kappa shape index (κ3) is 2.47. The fraction of sp³-hybridized carbons (Fsp3) is 0.812. The molecule has 5 heteroatoms. The maximum absolute atomic E-state index is 12.6. The molecule has 3 aliphatic carbocycles. The van der Waals surface area contributed by atoms with Crippen molar-refractivity contribution in [2.45, 2.75) is 52.1 Å². The summed E-state index contributed by atoms with van der Waals surface area (Å²) in [7, 11) is 0. The molecular formula is C16H23NO4. The lowest BCUT2D eigenvalue weighted by molar-refractivity contribution is -0.170. The molecule has 116 valence electrons. The lowest BCUT2D eigenvalue weighted by atomic mass is 9.41. The highest BCUT2D eigenvalue weighted by molar-refractivity contribution is 6.07. The molecular weight excluding hydrogens is 270 g/mol. The second kappa shape index (κ2) is 4.55. The molecule has 1 atom stereocenters. The fourth-order valence-corrected chi connectivity index (χ4v) is 3.70. The van der Waals surface area contributed by atoms with Gasteiger partial charge in [0.15, 0.2) is 5.78 Å². The van der Waals surface area contributed by atoms with Gasteiger partial charge in [0.25, 0.3) is 0 Å². The minimum Gasteiger partial charge on any atom is -0.444 e. The van der Waals surface area contributed by atoms with E-state index in [-0.39, 0.29) is 29.9 Å². The number of ether oxygens (including phenoxy) is 1. The molecule has 1 heterocycles. The van der Waals surface area contributed by atoms with E-state index >= 15 is 0 Å². The average Bonchev–Trinajstić information content (AvgIpc) is 2.22. The van der Waals surface area contributed by atoms with E-state index in [4.69, 9.17) is 4.74 Å². The number of hydrogen-bond donors (Lipinski definition) is 0. The van der Waals surface area contributed by atoms with Crippen molar-refractivity contribution in [3.63, 3.8) is 0 Å². The van der Waals surface area contributed by atoms with Crippen LogP contribution >= 0.6 is 0 Å². The molecule has 1 unspecified atom stereocenters. The molecule has 0 aromatic heterocycles. The number of ketones is 2. The summed E-state index contributed by atoms with van der Waals surface area (Å²) in [6, 6.07) is 0. The van der Waals surface area contributed by atoms with Gasteiger partial charge < -0.3 is 9.64 Å². The van der Waals surface area contributed by atoms with Crippen molar-refractivity contribution < 1.29 is 19.1 Å². The van der Waals surface area contributed by atoms with Gasteiger partial charge in [-0.15, -0.1) is 0 Å². The maximum atomic E-state index is 12.6. The third-order valence-electron chi connectivity index (χ3n) is 4.95. The summed E-state index contributed by atoms with van der Waals surface area (Å²) in [6.07, 6.45) is 2.67. The van der Waals surface area contributed by atoms with Crippen LogP contribution in [0.5, 0.6) is 0 Å². The largest absolute Gasteiger partial charge is 0.444 e. The van der Waals surface area contributed by atoms with Gasteiger partial charge in [0.05, 0.1) is 5.92 Å². The van der Waals surface area contributed by atoms with Crippen LogP contribution < -0.4 is 0 Å². The second-order valence-electron chi connectivity index (χ2n) is 7.82. The standard InChI is InChI=1S/C16H23NO4/c1-15(2,3)21-14(20)17-5-4-12(18)11(9-17)13(19)16-6-10(7-16)8-16/h10-11H,4-9H2,1-3H3. The van der Waals surface area contributed by atoms with Crippen LogP contribution in [0.1, 0.15) is 46.5 Å². The monoisotopic (exact) mass is 293 g/mol. The molecule has 0 radical (unpaired) electrons. The van der Waals surface area contributed by atoms with E-state index in [1.54, 1.807) is 0 Å². The Kier molecular flexibility index (Phi) is 3.15. The summed E-state index contributed by atoms with van der Waals surface area (Å²) in [6.45, 7) is 5.98. The predicted octanol–water partition coefficient (Wildman–Crippen LogP) is 2.18. The van der Waals surface area contributed by atoms with Gasteiger partial charge >= 0.3 is 6.09 Å². The van der Waals surface area contributed by atoms with Crippen LogP contribution in [-0.4, -0.2) is 41.3 Å². The lowest BCUT2D eigenvalue weighted by Gasteiger charge is -2.61. The number of hydrogen-bond acceptors (Lipinski definition) is 4. The van der Waals surface area contributed by atoms with E-state index in [9.17, 15) is 14.4 Å². The third-order valence-corrected chi connectivity index (χ3v) is 4.95. The zero-order valence-corrected chi connectivity index (χ0v) is 13.0. The summed E-state index contributed by atoms with van der Waals surface area (Å²) in [5.41, 5.74) is -0.784. The molecule has 1 amide bonds. The van der Waals surface area contributed by atoms with Crippen molar-refractivity contribution in [3.05, 3.63) is 0 Å². The molecule has 4 rings (SSSR count). The van der Waals surface area contributed by atoms with Crippen LogP contribution in [0.25, 0.3) is 0 Å². The molecule has 0 aromatic carbocycles. The van der Waals surface area contributed by atoms with Gasteiger partial charge in [-0.2, -0.15) is 0 Å². The van der Waals surface area contributed by atoms with Gasteiger partial charge in [0.1, 0.15) is 11.4 Å². The van der Waals surface area contributed by atoms with E-state index in [0.717, 1.165) is 19.3 Å². The van der Waals surface area contributed by atoms with E-state index in [0.29, 0.717) is 12.5 Å². The first-order valence-corrected chi connectivity index (χ1v) is 7.75. The summed E-state index contributed by atoms with van der Waals surface area (Å²) in [4.78, 5) is 38.3. The van der Waals surface area contributed by atoms with Gasteiger partial charge in [0.2, 0.25) is 0 Å². The summed E-state index contributed by atoms with van der Waals surface area (Å²) in [5, 5.41) is 0. The number of rotatable bonds is 2. The molecule has 2 bridgehead atoms. The first kappa shape index (κ1) is 14.5. The normalized spacial score (nSPS) is 34.8. The highest BCUT2D eigenvalue weighted by Crippen LogP contribution is 2.65. The van der Waals surface area contributed by atoms with Gasteiger partial charge in [-0.05, 0) is 46.0 Å². The van der Waals surface area contributed by atoms with Crippen molar-refractivity contribution in [3.8, 4) is 0 Å². The molecule has 4 aliphatic rings. The Morgan fingerprint density at radius 1 is 1.24 bits per heavy atom. The Balaban J connectivity index is 1.66. The van der Waals surface area contributed by atoms with Crippen molar-refractivity contribution in [2.24, 2.45) is 17.3 Å². The summed E-state index contributed by atoms with van der Waals surface area (Å²) < 4.78 is 5.34. The highest BCUT2D eigenvalue weighted by Gasteiger charge is 2.63. The smallest absolute Gasteiger partial charge is 0.410 e. The van der Waals surface area contributed by atoms with Gasteiger partial charge in [-0.1, -0.05) is 0 Å². The summed E-state index contributed by atoms with van der Waals surface area (Å²) in [5.74, 6) is 0.134. The molecule has 4 fully saturated rings. The van der Waals surface area contributed by atoms with Crippen molar-refractivity contribution in [1.29, 1.82) is 0 Å². The zero-order valence-electron chi connectivity index (χ0n) is 13.0. The number of likely N-dealkylation sites (tertiary alicyclic amines) is 1. The molecule has 1 aliphatic heterocycles. The second-order valence-corrected chi connectivity index (χ2v) is 7.82. The molecule has 21 heavy (non-hydrogen) atoms. The van der Waals surface area contributed by atoms with Gasteiger partial charge in [0, 0.05) is 24.9 Å². The quantitative estimate of drug-likeness (QED) is 0.732. The van der Waals surface area contributed by atoms with E-state index in [2.05, 4.69) is 0 Å². The van der Waals surface area contributed by atoms with Crippen LogP contribution in [0, 0.1) is 17.3 Å². The Labute approximate surface area is 125 Å². The highest BCUT2D eigenvalue weighted by atomic mass is 16.6. The predicted molar refractivity (Wildman–Crippen MR) is 75.7 cm³/mol. The van der Waals surface area contributed by atoms with Crippen LogP contribution in [0.2, 0.25) is 0 Å². The first-order chi connectivity index (χ1) is 9.70. The maximum Gasteiger partial charge on any atom is 0.410 e. The lowest BCUT2D eigenvalue weighted by Crippen LogP contribution is -2.61. The topological polar surface area (TPSA) is 63.7 Å². The number of nitrogens with zero attached hydrogens (tertiary/aromatic N) is 1. The van der Waals surface area contributed by atoms with Crippen LogP contribution in [0.3, 0.4) is 0 Å². The molecule has 0 spiro atoms. The number of carbonyl (C=O) groups is 3.